The third-order valence-electron chi connectivity index (χ3n) is 2.79. The van der Waals surface area contributed by atoms with Crippen molar-refractivity contribution >= 4 is 12.2 Å². The summed E-state index contributed by atoms with van der Waals surface area (Å²) in [4.78, 5) is 4.18. The molecule has 7 heteroatoms. The maximum Gasteiger partial charge on any atom is 0.223 e. The average Bonchev–Trinajstić information content (AvgIpc) is 2.88. The van der Waals surface area contributed by atoms with Crippen molar-refractivity contribution in [2.75, 3.05) is 6.61 Å². The Morgan fingerprint density at radius 2 is 2.15 bits per heavy atom. The van der Waals surface area contributed by atoms with Crippen molar-refractivity contribution in [3.8, 4) is 0 Å². The first-order valence-electron chi connectivity index (χ1n) is 6.14. The molecule has 1 atom stereocenters. The quantitative estimate of drug-likeness (QED) is 0.600. The van der Waals surface area contributed by atoms with E-state index in [0.717, 1.165) is 5.56 Å². The molecule has 0 saturated carbocycles. The first kappa shape index (κ1) is 15.0. The van der Waals surface area contributed by atoms with Gasteiger partial charge in [-0.2, -0.15) is 4.98 Å². The number of aromatic nitrogens is 2. The highest BCUT2D eigenvalue weighted by Gasteiger charge is 2.32. The lowest BCUT2D eigenvalue weighted by Crippen LogP contribution is -2.41. The molecule has 0 aliphatic carbocycles. The summed E-state index contributed by atoms with van der Waals surface area (Å²) in [6.07, 6.45) is 0. The summed E-state index contributed by atoms with van der Waals surface area (Å²) in [5.74, 6) is 0.920. The van der Waals surface area contributed by atoms with Gasteiger partial charge in [0.25, 0.3) is 0 Å². The van der Waals surface area contributed by atoms with E-state index in [1.54, 1.807) is 6.92 Å². The van der Waals surface area contributed by atoms with E-state index in [-0.39, 0.29) is 0 Å². The molecule has 0 spiro atoms. The fourth-order valence-corrected chi connectivity index (χ4v) is 2.06. The predicted octanol–water partition coefficient (Wildman–Crippen LogP) is 2.52. The van der Waals surface area contributed by atoms with Crippen molar-refractivity contribution in [3.63, 3.8) is 0 Å². The molecule has 2 rings (SSSR count). The van der Waals surface area contributed by atoms with Crippen molar-refractivity contribution in [2.24, 2.45) is 0 Å². The van der Waals surface area contributed by atoms with Gasteiger partial charge in [-0.1, -0.05) is 35.5 Å². The van der Waals surface area contributed by atoms with Gasteiger partial charge in [0.2, 0.25) is 5.89 Å². The van der Waals surface area contributed by atoms with Gasteiger partial charge < -0.3 is 13.8 Å². The fourth-order valence-electron chi connectivity index (χ4n) is 1.71. The number of hydrogen-bond donors (Lipinski definition) is 2. The van der Waals surface area contributed by atoms with Crippen LogP contribution in [0.2, 0.25) is 0 Å². The van der Waals surface area contributed by atoms with Crippen LogP contribution in [0.25, 0.3) is 0 Å². The molecule has 20 heavy (non-hydrogen) atoms. The van der Waals surface area contributed by atoms with Gasteiger partial charge in [0, 0.05) is 6.92 Å². The summed E-state index contributed by atoms with van der Waals surface area (Å²) < 4.78 is 22.6. The molecule has 0 aliphatic rings. The minimum Gasteiger partial charge on any atom is -0.374 e. The maximum absolute atomic E-state index is 9.05. The zero-order chi connectivity index (χ0) is 14.4. The van der Waals surface area contributed by atoms with Crippen LogP contribution in [0.3, 0.4) is 0 Å². The average molecular weight is 295 g/mol. The molecule has 0 bridgehead atoms. The minimum atomic E-state index is -0.730. The monoisotopic (exact) mass is 295 g/mol. The Morgan fingerprint density at radius 1 is 1.40 bits per heavy atom. The summed E-state index contributed by atoms with van der Waals surface area (Å²) in [6.45, 7) is 4.33. The van der Waals surface area contributed by atoms with Crippen molar-refractivity contribution < 1.29 is 13.8 Å². The van der Waals surface area contributed by atoms with Crippen LogP contribution in [0.1, 0.15) is 24.2 Å². The molecule has 0 aliphatic heterocycles. The van der Waals surface area contributed by atoms with Crippen LogP contribution < -0.4 is 4.72 Å². The lowest BCUT2D eigenvalue weighted by Gasteiger charge is -2.25. The summed E-state index contributed by atoms with van der Waals surface area (Å²) in [7, 11) is 0. The van der Waals surface area contributed by atoms with E-state index in [0.29, 0.717) is 37.2 Å². The lowest BCUT2D eigenvalue weighted by molar-refractivity contribution is 0.0685. The van der Waals surface area contributed by atoms with Gasteiger partial charge in [0.15, 0.2) is 5.82 Å². The summed E-state index contributed by atoms with van der Waals surface area (Å²) in [5, 5.41) is 3.88. The zero-order valence-corrected chi connectivity index (χ0v) is 12.2. The highest BCUT2D eigenvalue weighted by molar-refractivity contribution is 7.91. The fraction of sp³-hybridized carbons (Fsp3) is 0.385. The van der Waals surface area contributed by atoms with Gasteiger partial charge in [-0.15, -0.1) is 0 Å². The standard InChI is InChI=1S/C13H17N3O3S/c1-10-14-12(15-19-10)13(2,16-20-17)9-18-8-11-6-4-3-5-7-11/h3-7,16-17H,8-9H2,1-2H3. The first-order chi connectivity index (χ1) is 9.64. The van der Waals surface area contributed by atoms with Crippen molar-refractivity contribution in [1.82, 2.24) is 14.9 Å². The van der Waals surface area contributed by atoms with E-state index in [1.807, 2.05) is 37.3 Å². The molecule has 0 amide bonds. The number of nitrogens with one attached hydrogen (secondary N) is 1. The SMILES string of the molecule is Cc1nc(C(C)(COCc2ccccc2)NSO)no1. The molecule has 6 nitrogen and oxygen atoms in total. The number of benzene rings is 1. The van der Waals surface area contributed by atoms with E-state index in [9.17, 15) is 0 Å². The molecule has 1 aromatic heterocycles. The number of nitrogens with zero attached hydrogens (tertiary/aromatic N) is 2. The minimum absolute atomic E-state index is 0.300. The molecule has 1 aromatic carbocycles. The van der Waals surface area contributed by atoms with Crippen LogP contribution in [-0.4, -0.2) is 21.3 Å². The molecule has 2 N–H and O–H groups in total. The second kappa shape index (κ2) is 6.85. The summed E-state index contributed by atoms with van der Waals surface area (Å²) in [5.41, 5.74) is 0.349. The molecular formula is C13H17N3O3S. The van der Waals surface area contributed by atoms with Gasteiger partial charge >= 0.3 is 0 Å². The van der Waals surface area contributed by atoms with Crippen LogP contribution in [0.4, 0.5) is 0 Å². The molecule has 2 aromatic rings. The number of hydrogen-bond acceptors (Lipinski definition) is 7. The molecule has 0 fully saturated rings. The van der Waals surface area contributed by atoms with Crippen molar-refractivity contribution in [2.45, 2.75) is 26.0 Å². The van der Waals surface area contributed by atoms with Crippen LogP contribution in [0, 0.1) is 6.92 Å². The second-order valence-electron chi connectivity index (χ2n) is 4.64. The maximum atomic E-state index is 9.05. The highest BCUT2D eigenvalue weighted by Crippen LogP contribution is 2.21. The Morgan fingerprint density at radius 3 is 2.75 bits per heavy atom. The Balaban J connectivity index is 1.99. The topological polar surface area (TPSA) is 80.4 Å². The third kappa shape index (κ3) is 3.80. The van der Waals surface area contributed by atoms with Crippen molar-refractivity contribution in [3.05, 3.63) is 47.6 Å². The second-order valence-corrected chi connectivity index (χ2v) is 5.03. The normalized spacial score (nSPS) is 14.2. The van der Waals surface area contributed by atoms with Crippen molar-refractivity contribution in [1.29, 1.82) is 0 Å². The van der Waals surface area contributed by atoms with Gasteiger partial charge in [-0.3, -0.25) is 0 Å². The molecule has 1 unspecified atom stereocenters. The van der Waals surface area contributed by atoms with Gasteiger partial charge in [0.05, 0.1) is 25.4 Å². The Labute approximate surface area is 121 Å². The largest absolute Gasteiger partial charge is 0.374 e. The zero-order valence-electron chi connectivity index (χ0n) is 11.4. The molecule has 108 valence electrons. The van der Waals surface area contributed by atoms with Crippen LogP contribution in [0.5, 0.6) is 0 Å². The predicted molar refractivity (Wildman–Crippen MR) is 75.8 cm³/mol. The van der Waals surface area contributed by atoms with E-state index in [2.05, 4.69) is 14.9 Å². The van der Waals surface area contributed by atoms with Gasteiger partial charge in [0.1, 0.15) is 5.54 Å². The molecular weight excluding hydrogens is 278 g/mol. The summed E-state index contributed by atoms with van der Waals surface area (Å²) >= 11 is 0.507. The molecule has 0 saturated heterocycles. The van der Waals surface area contributed by atoms with E-state index >= 15 is 0 Å². The van der Waals surface area contributed by atoms with Crippen LogP contribution >= 0.6 is 12.2 Å². The summed E-state index contributed by atoms with van der Waals surface area (Å²) in [6, 6.07) is 9.86. The van der Waals surface area contributed by atoms with Gasteiger partial charge in [-0.05, 0) is 12.5 Å². The van der Waals surface area contributed by atoms with E-state index < -0.39 is 5.54 Å². The van der Waals surface area contributed by atoms with Gasteiger partial charge in [-0.25, -0.2) is 4.72 Å². The Kier molecular flexibility index (Phi) is 5.13. The number of rotatable bonds is 7. The Hall–Kier alpha value is -1.41. The third-order valence-corrected chi connectivity index (χ3v) is 3.34. The van der Waals surface area contributed by atoms with E-state index in [4.69, 9.17) is 13.8 Å². The van der Waals surface area contributed by atoms with Crippen LogP contribution in [0.15, 0.2) is 34.9 Å². The lowest BCUT2D eigenvalue weighted by atomic mass is 10.1. The van der Waals surface area contributed by atoms with Crippen LogP contribution in [-0.2, 0) is 16.9 Å². The number of aryl methyl sites for hydroxylation is 1. The highest BCUT2D eigenvalue weighted by atomic mass is 32.2. The molecule has 0 radical (unpaired) electrons. The van der Waals surface area contributed by atoms with E-state index in [1.165, 1.54) is 0 Å². The number of ether oxygens (including phenoxy) is 1. The first-order valence-corrected chi connectivity index (χ1v) is 6.91. The smallest absolute Gasteiger partial charge is 0.223 e. The Bertz CT molecular complexity index is 535. The molecule has 1 heterocycles.